The fraction of sp³-hybridized carbons (Fsp3) is 1.00. The average molecular weight is 254 g/mol. The van der Waals surface area contributed by atoms with Gasteiger partial charge in [0.2, 0.25) is 0 Å². The van der Waals surface area contributed by atoms with Crippen LogP contribution < -0.4 is 5.32 Å². The monoisotopic (exact) mass is 254 g/mol. The summed E-state index contributed by atoms with van der Waals surface area (Å²) in [7, 11) is 0. The molecule has 2 saturated heterocycles. The molecule has 2 heterocycles. The molecule has 0 aromatic heterocycles. The summed E-state index contributed by atoms with van der Waals surface area (Å²) in [5.74, 6) is 0.852. The van der Waals surface area contributed by atoms with Crippen LogP contribution in [0.3, 0.4) is 0 Å². The third kappa shape index (κ3) is 4.52. The fourth-order valence-corrected chi connectivity index (χ4v) is 3.12. The highest BCUT2D eigenvalue weighted by Crippen LogP contribution is 2.18. The van der Waals surface area contributed by atoms with Crippen LogP contribution in [0.1, 0.15) is 46.0 Å². The van der Waals surface area contributed by atoms with Gasteiger partial charge in [-0.1, -0.05) is 6.42 Å². The predicted octanol–water partition coefficient (Wildman–Crippen LogP) is 2.27. The van der Waals surface area contributed by atoms with Gasteiger partial charge < -0.3 is 10.1 Å². The SMILES string of the molecule is CC(C)N(CC1CCOCC1)CC1CCCCN1. The Kier molecular flexibility index (Phi) is 5.93. The molecule has 2 fully saturated rings. The van der Waals surface area contributed by atoms with Crippen LogP contribution in [0.15, 0.2) is 0 Å². The van der Waals surface area contributed by atoms with Gasteiger partial charge in [0.25, 0.3) is 0 Å². The smallest absolute Gasteiger partial charge is 0.0469 e. The van der Waals surface area contributed by atoms with Gasteiger partial charge in [0.15, 0.2) is 0 Å². The summed E-state index contributed by atoms with van der Waals surface area (Å²) < 4.78 is 5.46. The summed E-state index contributed by atoms with van der Waals surface area (Å²) in [6.07, 6.45) is 6.62. The standard InChI is InChI=1S/C15H30N2O/c1-13(2)17(11-14-6-9-18-10-7-14)12-15-5-3-4-8-16-15/h13-16H,3-12H2,1-2H3. The maximum atomic E-state index is 5.46. The third-order valence-electron chi connectivity index (χ3n) is 4.43. The topological polar surface area (TPSA) is 24.5 Å². The Morgan fingerprint density at radius 3 is 2.50 bits per heavy atom. The number of hydrogen-bond donors (Lipinski definition) is 1. The summed E-state index contributed by atoms with van der Waals surface area (Å²) in [6.45, 7) is 10.3. The Bertz CT molecular complexity index is 201. The van der Waals surface area contributed by atoms with Crippen LogP contribution in [0, 0.1) is 5.92 Å². The molecule has 1 unspecified atom stereocenters. The van der Waals surface area contributed by atoms with Crippen molar-refractivity contribution in [3.8, 4) is 0 Å². The quantitative estimate of drug-likeness (QED) is 0.814. The molecule has 0 aromatic carbocycles. The second-order valence-corrected chi connectivity index (χ2v) is 6.25. The minimum atomic E-state index is 0.663. The van der Waals surface area contributed by atoms with Gasteiger partial charge in [-0.25, -0.2) is 0 Å². The fourth-order valence-electron chi connectivity index (χ4n) is 3.12. The van der Waals surface area contributed by atoms with E-state index in [0.29, 0.717) is 6.04 Å². The van der Waals surface area contributed by atoms with Crippen LogP contribution in [-0.2, 0) is 4.74 Å². The number of nitrogens with one attached hydrogen (secondary N) is 1. The first-order chi connectivity index (χ1) is 8.75. The Balaban J connectivity index is 1.78. The minimum absolute atomic E-state index is 0.663. The highest BCUT2D eigenvalue weighted by atomic mass is 16.5. The maximum Gasteiger partial charge on any atom is 0.0469 e. The van der Waals surface area contributed by atoms with Crippen LogP contribution in [0.4, 0.5) is 0 Å². The molecule has 3 nitrogen and oxygen atoms in total. The molecular weight excluding hydrogens is 224 g/mol. The molecule has 0 bridgehead atoms. The Morgan fingerprint density at radius 2 is 1.89 bits per heavy atom. The number of hydrogen-bond acceptors (Lipinski definition) is 3. The van der Waals surface area contributed by atoms with Gasteiger partial charge in [-0.05, 0) is 52.0 Å². The van der Waals surface area contributed by atoms with E-state index in [0.717, 1.165) is 25.2 Å². The molecule has 0 spiro atoms. The van der Waals surface area contributed by atoms with Crippen LogP contribution in [0.2, 0.25) is 0 Å². The molecular formula is C15H30N2O. The van der Waals surface area contributed by atoms with Crippen molar-refractivity contribution < 1.29 is 4.74 Å². The third-order valence-corrected chi connectivity index (χ3v) is 4.43. The molecule has 2 aliphatic rings. The van der Waals surface area contributed by atoms with Crippen molar-refractivity contribution in [2.75, 3.05) is 32.8 Å². The lowest BCUT2D eigenvalue weighted by atomic mass is 9.98. The first kappa shape index (κ1) is 14.3. The Labute approximate surface area is 112 Å². The van der Waals surface area contributed by atoms with Crippen molar-refractivity contribution in [3.05, 3.63) is 0 Å². The number of ether oxygens (including phenoxy) is 1. The van der Waals surface area contributed by atoms with Gasteiger partial charge in [0, 0.05) is 38.4 Å². The van der Waals surface area contributed by atoms with Gasteiger partial charge in [-0.3, -0.25) is 4.90 Å². The molecule has 106 valence electrons. The van der Waals surface area contributed by atoms with E-state index in [1.165, 1.54) is 51.7 Å². The van der Waals surface area contributed by atoms with Gasteiger partial charge in [0.05, 0.1) is 0 Å². The second kappa shape index (κ2) is 7.46. The van der Waals surface area contributed by atoms with Crippen molar-refractivity contribution in [3.63, 3.8) is 0 Å². The summed E-state index contributed by atoms with van der Waals surface area (Å²) in [5, 5.41) is 3.68. The van der Waals surface area contributed by atoms with E-state index in [2.05, 4.69) is 24.1 Å². The average Bonchev–Trinajstić information content (AvgIpc) is 2.40. The molecule has 1 N–H and O–H groups in total. The van der Waals surface area contributed by atoms with Crippen molar-refractivity contribution in [1.29, 1.82) is 0 Å². The molecule has 2 aliphatic heterocycles. The normalized spacial score (nSPS) is 27.0. The minimum Gasteiger partial charge on any atom is -0.381 e. The Morgan fingerprint density at radius 1 is 1.11 bits per heavy atom. The molecule has 0 aromatic rings. The van der Waals surface area contributed by atoms with E-state index in [1.54, 1.807) is 0 Å². The molecule has 18 heavy (non-hydrogen) atoms. The highest BCUT2D eigenvalue weighted by molar-refractivity contribution is 4.79. The van der Waals surface area contributed by atoms with Gasteiger partial charge in [-0.2, -0.15) is 0 Å². The number of rotatable bonds is 5. The van der Waals surface area contributed by atoms with Crippen LogP contribution in [0.5, 0.6) is 0 Å². The van der Waals surface area contributed by atoms with Crippen LogP contribution in [0.25, 0.3) is 0 Å². The second-order valence-electron chi connectivity index (χ2n) is 6.25. The first-order valence-electron chi connectivity index (χ1n) is 7.81. The van der Waals surface area contributed by atoms with Gasteiger partial charge in [0.1, 0.15) is 0 Å². The van der Waals surface area contributed by atoms with E-state index in [-0.39, 0.29) is 0 Å². The maximum absolute atomic E-state index is 5.46. The zero-order chi connectivity index (χ0) is 12.8. The summed E-state index contributed by atoms with van der Waals surface area (Å²) in [4.78, 5) is 2.68. The van der Waals surface area contributed by atoms with Crippen molar-refractivity contribution in [2.24, 2.45) is 5.92 Å². The van der Waals surface area contributed by atoms with Crippen molar-refractivity contribution >= 4 is 0 Å². The van der Waals surface area contributed by atoms with E-state index in [9.17, 15) is 0 Å². The lowest BCUT2D eigenvalue weighted by molar-refractivity contribution is 0.0452. The van der Waals surface area contributed by atoms with E-state index in [1.807, 2.05) is 0 Å². The van der Waals surface area contributed by atoms with E-state index >= 15 is 0 Å². The zero-order valence-electron chi connectivity index (χ0n) is 12.2. The summed E-state index contributed by atoms with van der Waals surface area (Å²) in [6, 6.07) is 1.39. The van der Waals surface area contributed by atoms with Gasteiger partial charge >= 0.3 is 0 Å². The van der Waals surface area contributed by atoms with E-state index in [4.69, 9.17) is 4.74 Å². The van der Waals surface area contributed by atoms with Crippen molar-refractivity contribution in [1.82, 2.24) is 10.2 Å². The van der Waals surface area contributed by atoms with Crippen LogP contribution in [-0.4, -0.2) is 49.8 Å². The molecule has 3 heteroatoms. The summed E-state index contributed by atoms with van der Waals surface area (Å²) in [5.41, 5.74) is 0. The Hall–Kier alpha value is -0.120. The highest BCUT2D eigenvalue weighted by Gasteiger charge is 2.22. The van der Waals surface area contributed by atoms with Crippen molar-refractivity contribution in [2.45, 2.75) is 58.0 Å². The lowest BCUT2D eigenvalue weighted by Gasteiger charge is -2.36. The molecule has 0 amide bonds. The zero-order valence-corrected chi connectivity index (χ0v) is 12.2. The molecule has 0 saturated carbocycles. The number of nitrogens with zero attached hydrogens (tertiary/aromatic N) is 1. The molecule has 1 atom stereocenters. The molecule has 0 aliphatic carbocycles. The largest absolute Gasteiger partial charge is 0.381 e. The lowest BCUT2D eigenvalue weighted by Crippen LogP contribution is -2.47. The summed E-state index contributed by atoms with van der Waals surface area (Å²) >= 11 is 0. The van der Waals surface area contributed by atoms with E-state index < -0.39 is 0 Å². The molecule has 2 rings (SSSR count). The number of piperidine rings is 1. The first-order valence-corrected chi connectivity index (χ1v) is 7.81. The molecule has 0 radical (unpaired) electrons. The van der Waals surface area contributed by atoms with Gasteiger partial charge in [-0.15, -0.1) is 0 Å². The predicted molar refractivity (Wildman–Crippen MR) is 75.9 cm³/mol. The van der Waals surface area contributed by atoms with Crippen LogP contribution >= 0.6 is 0 Å².